The van der Waals surface area contributed by atoms with E-state index in [-0.39, 0.29) is 43.8 Å². The van der Waals surface area contributed by atoms with Gasteiger partial charge in [-0.25, -0.2) is 4.79 Å². The van der Waals surface area contributed by atoms with Crippen molar-refractivity contribution in [2.75, 3.05) is 53.0 Å². The molecule has 0 heterocycles. The molecule has 0 aromatic heterocycles. The maximum Gasteiger partial charge on any atom is 0.409 e. The molecule has 0 aromatic carbocycles. The first-order valence-electron chi connectivity index (χ1n) is 25.8. The molecule has 9 heteroatoms. The highest BCUT2D eigenvalue weighted by Crippen LogP contribution is 2.19. The summed E-state index contributed by atoms with van der Waals surface area (Å²) in [7, 11) is 1.74. The van der Waals surface area contributed by atoms with Crippen molar-refractivity contribution >= 4 is 18.0 Å². The average Bonchev–Trinajstić information content (AvgIpc) is 3.26. The van der Waals surface area contributed by atoms with Gasteiger partial charge in [0, 0.05) is 39.4 Å². The Bertz CT molecular complexity index is 1110. The van der Waals surface area contributed by atoms with E-state index in [9.17, 15) is 14.4 Å². The molecule has 0 radical (unpaired) electrons. The van der Waals surface area contributed by atoms with Crippen LogP contribution in [-0.2, 0) is 28.5 Å². The topological polar surface area (TPSA) is 94.6 Å². The summed E-state index contributed by atoms with van der Waals surface area (Å²) < 4.78 is 23.4. The van der Waals surface area contributed by atoms with Crippen LogP contribution >= 0.6 is 0 Å². The first-order chi connectivity index (χ1) is 30.2. The summed E-state index contributed by atoms with van der Waals surface area (Å²) in [6.45, 7) is 18.5. The van der Waals surface area contributed by atoms with Crippen molar-refractivity contribution in [2.24, 2.45) is 5.92 Å². The van der Waals surface area contributed by atoms with Gasteiger partial charge < -0.3 is 28.7 Å². The van der Waals surface area contributed by atoms with Crippen LogP contribution < -0.4 is 0 Å². The largest absolute Gasteiger partial charge is 0.498 e. The van der Waals surface area contributed by atoms with E-state index in [1.165, 1.54) is 96.3 Å². The summed E-state index contributed by atoms with van der Waals surface area (Å²) in [5.74, 6) is -0.189. The minimum absolute atomic E-state index is 0.00294. The van der Waals surface area contributed by atoms with E-state index in [0.29, 0.717) is 38.0 Å². The summed E-state index contributed by atoms with van der Waals surface area (Å²) >= 11 is 0. The third-order valence-electron chi connectivity index (χ3n) is 11.6. The number of amides is 1. The smallest absolute Gasteiger partial charge is 0.409 e. The molecule has 0 aromatic rings. The average molecular weight is 875 g/mol. The Morgan fingerprint density at radius 1 is 0.516 bits per heavy atom. The number of esters is 2. The van der Waals surface area contributed by atoms with E-state index in [1.54, 1.807) is 11.9 Å². The number of hydrogen-bond acceptors (Lipinski definition) is 8. The van der Waals surface area contributed by atoms with Gasteiger partial charge in [0.2, 0.25) is 0 Å². The summed E-state index contributed by atoms with van der Waals surface area (Å²) in [4.78, 5) is 42.3. The predicted molar refractivity (Wildman–Crippen MR) is 260 cm³/mol. The molecule has 0 saturated heterocycles. The zero-order valence-corrected chi connectivity index (χ0v) is 41.4. The van der Waals surface area contributed by atoms with Crippen molar-refractivity contribution in [1.29, 1.82) is 0 Å². The second kappa shape index (κ2) is 44.8. The fourth-order valence-electron chi connectivity index (χ4n) is 7.28. The van der Waals surface area contributed by atoms with Gasteiger partial charge in [0.1, 0.15) is 19.3 Å². The highest BCUT2D eigenvalue weighted by Gasteiger charge is 2.20. The lowest BCUT2D eigenvalue weighted by molar-refractivity contribution is -0.150. The molecule has 0 rings (SSSR count). The Kier molecular flexibility index (Phi) is 42.8. The van der Waals surface area contributed by atoms with Crippen LogP contribution in [0.3, 0.4) is 0 Å². The van der Waals surface area contributed by atoms with E-state index in [0.717, 1.165) is 83.8 Å². The minimum atomic E-state index is -0.415. The van der Waals surface area contributed by atoms with Crippen molar-refractivity contribution in [1.82, 2.24) is 9.80 Å². The van der Waals surface area contributed by atoms with Gasteiger partial charge in [-0.1, -0.05) is 162 Å². The zero-order chi connectivity index (χ0) is 45.7. The molecule has 0 aliphatic carbocycles. The lowest BCUT2D eigenvalue weighted by Crippen LogP contribution is -2.37. The summed E-state index contributed by atoms with van der Waals surface area (Å²) in [6.07, 6.45) is 39.5. The molecule has 0 aliphatic heterocycles. The number of unbranched alkanes of at least 4 members (excludes halogenated alkanes) is 18. The third kappa shape index (κ3) is 38.8. The molecule has 0 fully saturated rings. The quantitative estimate of drug-likeness (QED) is 0.0196. The van der Waals surface area contributed by atoms with E-state index >= 15 is 0 Å². The normalized spacial score (nSPS) is 12.1. The molecule has 0 spiro atoms. The molecular formula is C53H98N2O7. The van der Waals surface area contributed by atoms with Gasteiger partial charge in [-0.2, -0.15) is 0 Å². The Morgan fingerprint density at radius 3 is 1.60 bits per heavy atom. The molecule has 9 nitrogen and oxygen atoms in total. The number of carbonyl (C=O) groups excluding carboxylic acids is 3. The van der Waals surface area contributed by atoms with E-state index in [2.05, 4.69) is 70.4 Å². The molecule has 0 N–H and O–H groups in total. The minimum Gasteiger partial charge on any atom is -0.498 e. The predicted octanol–water partition coefficient (Wildman–Crippen LogP) is 14.5. The zero-order valence-electron chi connectivity index (χ0n) is 41.4. The van der Waals surface area contributed by atoms with Crippen molar-refractivity contribution in [3.8, 4) is 0 Å². The standard InChI is InChI=1S/C53H98N2O7/c1-8-13-16-19-22-23-24-25-26-27-28-29-30-33-36-41-51(56)60-46-49(47-61-53(58)54(7)43-44-55(11-4)12-5)45-59-48(6)38-37-42-52(57)62-50(39-34-31-20-17-14-9-2)40-35-32-21-18-15-10-3/h22-23,25-26,49-50H,6,8-21,24,27-47H2,1-5,7H3/b23-22-,26-25-. The molecule has 62 heavy (non-hydrogen) atoms. The van der Waals surface area contributed by atoms with Crippen LogP contribution in [0.4, 0.5) is 4.79 Å². The molecule has 1 amide bonds. The van der Waals surface area contributed by atoms with Crippen LogP contribution in [0.1, 0.15) is 221 Å². The number of likely N-dealkylation sites (N-methyl/N-ethyl adjacent to an activating group) is 2. The summed E-state index contributed by atoms with van der Waals surface area (Å²) in [5.41, 5.74) is 0. The number of allylic oxidation sites excluding steroid dienone is 5. The van der Waals surface area contributed by atoms with E-state index in [4.69, 9.17) is 18.9 Å². The van der Waals surface area contributed by atoms with Crippen molar-refractivity contribution < 1.29 is 33.3 Å². The van der Waals surface area contributed by atoms with Gasteiger partial charge in [-0.3, -0.25) is 9.59 Å². The molecule has 362 valence electrons. The maximum atomic E-state index is 12.9. The van der Waals surface area contributed by atoms with Gasteiger partial charge in [-0.15, -0.1) is 0 Å². The van der Waals surface area contributed by atoms with Gasteiger partial charge in [0.15, 0.2) is 0 Å². The van der Waals surface area contributed by atoms with E-state index < -0.39 is 6.09 Å². The highest BCUT2D eigenvalue weighted by atomic mass is 16.6. The Labute approximate surface area is 382 Å². The Morgan fingerprint density at radius 2 is 1.00 bits per heavy atom. The van der Waals surface area contributed by atoms with Crippen molar-refractivity contribution in [3.63, 3.8) is 0 Å². The lowest BCUT2D eigenvalue weighted by Gasteiger charge is -2.24. The number of rotatable bonds is 45. The number of ether oxygens (including phenoxy) is 4. The van der Waals surface area contributed by atoms with Crippen molar-refractivity contribution in [3.05, 3.63) is 36.6 Å². The SMILES string of the molecule is C=C(CCCC(=O)OC(CCCCCCCC)CCCCCCCC)OCC(COC(=O)CCCCCCC/C=C\C/C=C\CCCCC)COC(=O)N(C)CCN(CC)CC. The molecule has 0 bridgehead atoms. The molecular weight excluding hydrogens is 777 g/mol. The monoisotopic (exact) mass is 875 g/mol. The van der Waals surface area contributed by atoms with Gasteiger partial charge in [0.05, 0.1) is 18.3 Å². The fourth-order valence-corrected chi connectivity index (χ4v) is 7.28. The van der Waals surface area contributed by atoms with Crippen LogP contribution in [-0.4, -0.2) is 87.0 Å². The Hall–Kier alpha value is -2.81. The highest BCUT2D eigenvalue weighted by molar-refractivity contribution is 5.69. The number of hydrogen-bond donors (Lipinski definition) is 0. The molecule has 1 atom stereocenters. The number of carbonyl (C=O) groups is 3. The number of nitrogens with zero attached hydrogens (tertiary/aromatic N) is 2. The molecule has 1 unspecified atom stereocenters. The second-order valence-corrected chi connectivity index (χ2v) is 17.5. The summed E-state index contributed by atoms with van der Waals surface area (Å²) in [6, 6.07) is 0. The first kappa shape index (κ1) is 59.2. The van der Waals surface area contributed by atoms with Crippen LogP contribution in [0.2, 0.25) is 0 Å². The second-order valence-electron chi connectivity index (χ2n) is 17.5. The van der Waals surface area contributed by atoms with Gasteiger partial charge >= 0.3 is 18.0 Å². The van der Waals surface area contributed by atoms with E-state index in [1.807, 2.05) is 0 Å². The third-order valence-corrected chi connectivity index (χ3v) is 11.6. The maximum absolute atomic E-state index is 12.9. The fraction of sp³-hybridized carbons (Fsp3) is 0.830. The van der Waals surface area contributed by atoms with Crippen molar-refractivity contribution in [2.45, 2.75) is 227 Å². The van der Waals surface area contributed by atoms with Crippen LogP contribution in [0.25, 0.3) is 0 Å². The molecule has 0 saturated carbocycles. The summed E-state index contributed by atoms with van der Waals surface area (Å²) in [5, 5.41) is 0. The van der Waals surface area contributed by atoms with Gasteiger partial charge in [0.25, 0.3) is 0 Å². The lowest BCUT2D eigenvalue weighted by atomic mass is 10.0. The first-order valence-corrected chi connectivity index (χ1v) is 25.8. The van der Waals surface area contributed by atoms with Gasteiger partial charge in [-0.05, 0) is 83.7 Å². The van der Waals surface area contributed by atoms with Crippen LogP contribution in [0, 0.1) is 5.92 Å². The Balaban J connectivity index is 4.85. The van der Waals surface area contributed by atoms with Crippen LogP contribution in [0.5, 0.6) is 0 Å². The molecule has 0 aliphatic rings. The van der Waals surface area contributed by atoms with Crippen LogP contribution in [0.15, 0.2) is 36.6 Å².